The Morgan fingerprint density at radius 3 is 2.80 bits per heavy atom. The van der Waals surface area contributed by atoms with E-state index in [0.717, 1.165) is 19.3 Å². The van der Waals surface area contributed by atoms with Crippen LogP contribution in [-0.4, -0.2) is 0 Å². The van der Waals surface area contributed by atoms with Crippen molar-refractivity contribution in [3.63, 3.8) is 0 Å². The van der Waals surface area contributed by atoms with Crippen LogP contribution in [0.2, 0.25) is 0 Å². The zero-order valence-corrected chi connectivity index (χ0v) is 9.78. The van der Waals surface area contributed by atoms with E-state index in [4.69, 9.17) is 5.73 Å². The highest BCUT2D eigenvalue weighted by atomic mass is 79.9. The lowest BCUT2D eigenvalue weighted by molar-refractivity contribution is 0.542. The Labute approximate surface area is 95.8 Å². The molecule has 1 aliphatic rings. The lowest BCUT2D eigenvalue weighted by atomic mass is 9.98. The molecule has 1 aromatic rings. The second-order valence-electron chi connectivity index (χ2n) is 3.90. The second kappa shape index (κ2) is 4.18. The minimum atomic E-state index is -0.402. The summed E-state index contributed by atoms with van der Waals surface area (Å²) in [5.74, 6) is -0.753. The molecule has 1 nitrogen and oxygen atoms in total. The fourth-order valence-corrected chi connectivity index (χ4v) is 2.52. The van der Waals surface area contributed by atoms with Gasteiger partial charge in [-0.25, -0.2) is 8.78 Å². The Bertz CT molecular complexity index is 393. The zero-order valence-electron chi connectivity index (χ0n) is 8.19. The molecule has 4 heteroatoms. The van der Waals surface area contributed by atoms with Crippen LogP contribution in [0.5, 0.6) is 0 Å². The molecule has 0 aromatic heterocycles. The van der Waals surface area contributed by atoms with Crippen molar-refractivity contribution in [2.75, 3.05) is 0 Å². The van der Waals surface area contributed by atoms with Gasteiger partial charge in [0.25, 0.3) is 0 Å². The van der Waals surface area contributed by atoms with E-state index < -0.39 is 5.82 Å². The average Bonchev–Trinajstić information content (AvgIpc) is 2.37. The first-order valence-electron chi connectivity index (χ1n) is 5.03. The van der Waals surface area contributed by atoms with E-state index in [-0.39, 0.29) is 16.3 Å². The van der Waals surface area contributed by atoms with E-state index in [2.05, 4.69) is 15.9 Å². The van der Waals surface area contributed by atoms with Gasteiger partial charge in [0.1, 0.15) is 11.6 Å². The molecule has 15 heavy (non-hydrogen) atoms. The van der Waals surface area contributed by atoms with Crippen molar-refractivity contribution in [3.05, 3.63) is 33.3 Å². The summed E-state index contributed by atoms with van der Waals surface area (Å²) in [7, 11) is 0. The van der Waals surface area contributed by atoms with E-state index >= 15 is 0 Å². The molecule has 82 valence electrons. The molecule has 2 N–H and O–H groups in total. The maximum absolute atomic E-state index is 13.8. The summed E-state index contributed by atoms with van der Waals surface area (Å²) in [4.78, 5) is 0. The second-order valence-corrected chi connectivity index (χ2v) is 4.75. The van der Waals surface area contributed by atoms with Gasteiger partial charge in [0.15, 0.2) is 0 Å². The van der Waals surface area contributed by atoms with Crippen LogP contribution in [0, 0.1) is 11.6 Å². The van der Waals surface area contributed by atoms with Crippen LogP contribution in [0.3, 0.4) is 0 Å². The predicted molar refractivity (Wildman–Crippen MR) is 58.5 cm³/mol. The molecule has 0 saturated carbocycles. The van der Waals surface area contributed by atoms with Crippen LogP contribution in [0.15, 0.2) is 10.5 Å². The molecule has 0 heterocycles. The highest BCUT2D eigenvalue weighted by Gasteiger charge is 2.24. The van der Waals surface area contributed by atoms with E-state index in [9.17, 15) is 8.78 Å². The number of rotatable bonds is 0. The van der Waals surface area contributed by atoms with Gasteiger partial charge in [-0.1, -0.05) is 6.42 Å². The van der Waals surface area contributed by atoms with Gasteiger partial charge in [0.05, 0.1) is 4.47 Å². The third-order valence-electron chi connectivity index (χ3n) is 2.88. The van der Waals surface area contributed by atoms with Gasteiger partial charge in [0.2, 0.25) is 0 Å². The average molecular weight is 276 g/mol. The molecule has 0 saturated heterocycles. The number of hydrogen-bond acceptors (Lipinski definition) is 1. The van der Waals surface area contributed by atoms with Crippen molar-refractivity contribution in [2.24, 2.45) is 5.73 Å². The van der Waals surface area contributed by atoms with Gasteiger partial charge < -0.3 is 5.73 Å². The zero-order chi connectivity index (χ0) is 11.0. The fourth-order valence-electron chi connectivity index (χ4n) is 2.10. The van der Waals surface area contributed by atoms with Crippen LogP contribution in [0.25, 0.3) is 0 Å². The Balaban J connectivity index is 2.63. The summed E-state index contributed by atoms with van der Waals surface area (Å²) in [6, 6.07) is 0.807. The molecule has 2 rings (SSSR count). The van der Waals surface area contributed by atoms with Crippen molar-refractivity contribution in [1.29, 1.82) is 0 Å². The summed E-state index contributed by atoms with van der Waals surface area (Å²) in [6.07, 6.45) is 3.10. The van der Waals surface area contributed by atoms with E-state index in [0.29, 0.717) is 17.5 Å². The first-order valence-corrected chi connectivity index (χ1v) is 5.82. The first-order chi connectivity index (χ1) is 7.11. The van der Waals surface area contributed by atoms with Crippen LogP contribution in [0.4, 0.5) is 8.78 Å². The van der Waals surface area contributed by atoms with Crippen LogP contribution in [0.1, 0.15) is 36.4 Å². The van der Waals surface area contributed by atoms with Crippen molar-refractivity contribution < 1.29 is 8.78 Å². The summed E-state index contributed by atoms with van der Waals surface area (Å²) >= 11 is 3.01. The van der Waals surface area contributed by atoms with Gasteiger partial charge >= 0.3 is 0 Å². The molecule has 1 aromatic carbocycles. The number of halogens is 3. The standard InChI is InChI=1S/C11H12BrF2N/c12-7-5-8(13)6-3-1-2-4-9(15)10(6)11(7)14/h5,9H,1-4,15H2/t9-/m1/s1. The Kier molecular flexibility index (Phi) is 3.07. The minimum Gasteiger partial charge on any atom is -0.324 e. The van der Waals surface area contributed by atoms with Gasteiger partial charge in [0, 0.05) is 11.6 Å². The highest BCUT2D eigenvalue weighted by molar-refractivity contribution is 9.10. The van der Waals surface area contributed by atoms with Gasteiger partial charge in [-0.15, -0.1) is 0 Å². The Hall–Kier alpha value is -0.480. The molecular formula is C11H12BrF2N. The van der Waals surface area contributed by atoms with E-state index in [1.807, 2.05) is 0 Å². The molecule has 0 spiro atoms. The lowest BCUT2D eigenvalue weighted by Gasteiger charge is -2.15. The number of nitrogens with two attached hydrogens (primary N) is 1. The molecule has 0 fully saturated rings. The summed E-state index contributed by atoms with van der Waals surface area (Å²) < 4.78 is 27.6. The number of hydrogen-bond donors (Lipinski definition) is 1. The number of benzene rings is 1. The molecule has 0 aliphatic heterocycles. The third kappa shape index (κ3) is 1.93. The van der Waals surface area contributed by atoms with Gasteiger partial charge in [-0.2, -0.15) is 0 Å². The minimum absolute atomic E-state index is 0.163. The van der Waals surface area contributed by atoms with Crippen molar-refractivity contribution in [2.45, 2.75) is 31.7 Å². The van der Waals surface area contributed by atoms with Crippen LogP contribution >= 0.6 is 15.9 Å². The normalized spacial score (nSPS) is 20.9. The topological polar surface area (TPSA) is 26.0 Å². The smallest absolute Gasteiger partial charge is 0.142 e. The molecule has 0 unspecified atom stereocenters. The molecular weight excluding hydrogens is 264 g/mol. The molecule has 0 radical (unpaired) electrons. The first kappa shape index (κ1) is 11.0. The molecule has 0 bridgehead atoms. The Morgan fingerprint density at radius 1 is 1.33 bits per heavy atom. The van der Waals surface area contributed by atoms with Crippen LogP contribution in [-0.2, 0) is 6.42 Å². The fraction of sp³-hybridized carbons (Fsp3) is 0.455. The third-order valence-corrected chi connectivity index (χ3v) is 3.45. The summed E-state index contributed by atoms with van der Waals surface area (Å²) in [6.45, 7) is 0. The quantitative estimate of drug-likeness (QED) is 0.570. The lowest BCUT2D eigenvalue weighted by Crippen LogP contribution is -2.14. The number of fused-ring (bicyclic) bond motifs is 1. The van der Waals surface area contributed by atoms with E-state index in [1.54, 1.807) is 0 Å². The maximum Gasteiger partial charge on any atom is 0.142 e. The Morgan fingerprint density at radius 2 is 2.07 bits per heavy atom. The van der Waals surface area contributed by atoms with Gasteiger partial charge in [-0.05, 0) is 46.8 Å². The van der Waals surface area contributed by atoms with E-state index in [1.165, 1.54) is 6.07 Å². The molecule has 1 aliphatic carbocycles. The SMILES string of the molecule is N[C@@H]1CCCCc2c(F)cc(Br)c(F)c21. The molecule has 0 amide bonds. The molecule has 1 atom stereocenters. The van der Waals surface area contributed by atoms with Crippen molar-refractivity contribution in [3.8, 4) is 0 Å². The maximum atomic E-state index is 13.8. The highest BCUT2D eigenvalue weighted by Crippen LogP contribution is 2.34. The van der Waals surface area contributed by atoms with Crippen molar-refractivity contribution >= 4 is 15.9 Å². The van der Waals surface area contributed by atoms with Crippen molar-refractivity contribution in [1.82, 2.24) is 0 Å². The predicted octanol–water partition coefficient (Wildman–Crippen LogP) is 3.45. The van der Waals surface area contributed by atoms with Crippen LogP contribution < -0.4 is 5.73 Å². The largest absolute Gasteiger partial charge is 0.324 e. The van der Waals surface area contributed by atoms with Gasteiger partial charge in [-0.3, -0.25) is 0 Å². The monoisotopic (exact) mass is 275 g/mol. The summed E-state index contributed by atoms with van der Waals surface area (Å²) in [5, 5.41) is 0. The summed E-state index contributed by atoms with van der Waals surface area (Å²) in [5.41, 5.74) is 6.68.